The minimum atomic E-state index is -0.0594. The molecule has 1 atom stereocenters. The predicted octanol–water partition coefficient (Wildman–Crippen LogP) is 1.17. The van der Waals surface area contributed by atoms with Gasteiger partial charge < -0.3 is 9.64 Å². The van der Waals surface area contributed by atoms with Crippen LogP contribution in [0.25, 0.3) is 0 Å². The molecule has 1 amide bonds. The largest absolute Gasteiger partial charge is 0.471 e. The molecule has 102 valence electrons. The average molecular weight is 270 g/mol. The summed E-state index contributed by atoms with van der Waals surface area (Å²) in [4.78, 5) is 26.1. The second-order valence-corrected chi connectivity index (χ2v) is 4.54. The van der Waals surface area contributed by atoms with Gasteiger partial charge in [0.1, 0.15) is 11.8 Å². The van der Waals surface area contributed by atoms with Crippen molar-refractivity contribution in [1.82, 2.24) is 19.9 Å². The molecule has 0 unspecified atom stereocenters. The molecule has 2 aromatic rings. The second kappa shape index (κ2) is 5.64. The maximum absolute atomic E-state index is 12.2. The molecule has 0 aromatic carbocycles. The summed E-state index contributed by atoms with van der Waals surface area (Å²) in [6.07, 6.45) is 7.12. The van der Waals surface area contributed by atoms with Crippen molar-refractivity contribution in [3.63, 3.8) is 0 Å². The lowest BCUT2D eigenvalue weighted by atomic mass is 10.3. The van der Waals surface area contributed by atoms with Crippen molar-refractivity contribution in [2.75, 3.05) is 13.1 Å². The highest BCUT2D eigenvalue weighted by atomic mass is 16.5. The average Bonchev–Trinajstić information content (AvgIpc) is 2.97. The van der Waals surface area contributed by atoms with Crippen molar-refractivity contribution in [1.29, 1.82) is 0 Å². The minimum Gasteiger partial charge on any atom is -0.471 e. The van der Waals surface area contributed by atoms with Crippen LogP contribution in [-0.4, -0.2) is 45.0 Å². The number of nitrogens with zero attached hydrogens (tertiary/aromatic N) is 4. The molecule has 1 fully saturated rings. The number of hydrogen-bond donors (Lipinski definition) is 0. The monoisotopic (exact) mass is 270 g/mol. The second-order valence-electron chi connectivity index (χ2n) is 4.54. The van der Waals surface area contributed by atoms with E-state index in [1.165, 1.54) is 0 Å². The summed E-state index contributed by atoms with van der Waals surface area (Å²) < 4.78 is 5.70. The number of pyridine rings is 1. The van der Waals surface area contributed by atoms with E-state index in [0.717, 1.165) is 6.42 Å². The molecular weight excluding hydrogens is 256 g/mol. The molecule has 1 aliphatic heterocycles. The maximum Gasteiger partial charge on any atom is 0.272 e. The Hall–Kier alpha value is -2.50. The summed E-state index contributed by atoms with van der Waals surface area (Å²) in [6, 6.07) is 5.32. The van der Waals surface area contributed by atoms with Crippen LogP contribution in [0.3, 0.4) is 0 Å². The molecule has 2 aromatic heterocycles. The van der Waals surface area contributed by atoms with Gasteiger partial charge in [-0.25, -0.2) is 4.98 Å². The van der Waals surface area contributed by atoms with E-state index in [1.807, 2.05) is 6.07 Å². The molecule has 1 aliphatic rings. The van der Waals surface area contributed by atoms with Crippen LogP contribution in [-0.2, 0) is 0 Å². The van der Waals surface area contributed by atoms with Gasteiger partial charge in [0.2, 0.25) is 5.88 Å². The molecule has 3 rings (SSSR count). The quantitative estimate of drug-likeness (QED) is 0.837. The summed E-state index contributed by atoms with van der Waals surface area (Å²) in [5.41, 5.74) is 0.465. The molecule has 20 heavy (non-hydrogen) atoms. The van der Waals surface area contributed by atoms with Crippen LogP contribution in [0.1, 0.15) is 16.9 Å². The van der Waals surface area contributed by atoms with Crippen LogP contribution in [0.4, 0.5) is 0 Å². The lowest BCUT2D eigenvalue weighted by Crippen LogP contribution is -2.31. The number of carbonyl (C=O) groups excluding carboxylic acids is 1. The molecule has 0 spiro atoms. The smallest absolute Gasteiger partial charge is 0.272 e. The van der Waals surface area contributed by atoms with Gasteiger partial charge in [-0.15, -0.1) is 0 Å². The zero-order chi connectivity index (χ0) is 13.8. The zero-order valence-corrected chi connectivity index (χ0v) is 10.8. The van der Waals surface area contributed by atoms with Crippen LogP contribution < -0.4 is 4.74 Å². The Bertz CT molecular complexity index is 576. The minimum absolute atomic E-state index is 0.0423. The third-order valence-corrected chi connectivity index (χ3v) is 3.14. The Morgan fingerprint density at radius 3 is 2.95 bits per heavy atom. The fraction of sp³-hybridized carbons (Fsp3) is 0.286. The SMILES string of the molecule is O=C(c1ccccn1)N1CC[C@@H](Oc2cnccn2)C1. The lowest BCUT2D eigenvalue weighted by molar-refractivity contribution is 0.0765. The van der Waals surface area contributed by atoms with E-state index in [1.54, 1.807) is 41.8 Å². The highest BCUT2D eigenvalue weighted by Crippen LogP contribution is 2.17. The van der Waals surface area contributed by atoms with Crippen LogP contribution in [0, 0.1) is 0 Å². The first-order valence-electron chi connectivity index (χ1n) is 6.46. The zero-order valence-electron chi connectivity index (χ0n) is 10.8. The number of hydrogen-bond acceptors (Lipinski definition) is 5. The first kappa shape index (κ1) is 12.5. The van der Waals surface area contributed by atoms with Gasteiger partial charge in [-0.3, -0.25) is 14.8 Å². The van der Waals surface area contributed by atoms with Gasteiger partial charge >= 0.3 is 0 Å². The number of likely N-dealkylation sites (tertiary alicyclic amines) is 1. The standard InChI is InChI=1S/C14H14N4O2/c19-14(12-3-1-2-5-16-12)18-8-4-11(10-18)20-13-9-15-6-7-17-13/h1-3,5-7,9,11H,4,8,10H2/t11-/m1/s1. The van der Waals surface area contributed by atoms with E-state index in [9.17, 15) is 4.79 Å². The van der Waals surface area contributed by atoms with Crippen molar-refractivity contribution in [2.45, 2.75) is 12.5 Å². The number of ether oxygens (including phenoxy) is 1. The summed E-state index contributed by atoms with van der Waals surface area (Å²) in [7, 11) is 0. The maximum atomic E-state index is 12.2. The topological polar surface area (TPSA) is 68.2 Å². The fourth-order valence-corrected chi connectivity index (χ4v) is 2.18. The van der Waals surface area contributed by atoms with E-state index < -0.39 is 0 Å². The van der Waals surface area contributed by atoms with Crippen molar-refractivity contribution in [3.05, 3.63) is 48.7 Å². The Kier molecular flexibility index (Phi) is 3.54. The number of amides is 1. The Morgan fingerprint density at radius 2 is 2.20 bits per heavy atom. The molecule has 0 aliphatic carbocycles. The summed E-state index contributed by atoms with van der Waals surface area (Å²) in [5.74, 6) is 0.431. The molecule has 1 saturated heterocycles. The van der Waals surface area contributed by atoms with Crippen LogP contribution in [0.15, 0.2) is 43.0 Å². The highest BCUT2D eigenvalue weighted by molar-refractivity contribution is 5.92. The molecule has 6 nitrogen and oxygen atoms in total. The lowest BCUT2D eigenvalue weighted by Gasteiger charge is -2.16. The van der Waals surface area contributed by atoms with E-state index in [4.69, 9.17) is 4.74 Å². The van der Waals surface area contributed by atoms with Crippen LogP contribution in [0.5, 0.6) is 5.88 Å². The first-order chi connectivity index (χ1) is 9.83. The number of aromatic nitrogens is 3. The molecule has 0 N–H and O–H groups in total. The van der Waals surface area contributed by atoms with Crippen molar-refractivity contribution in [2.24, 2.45) is 0 Å². The van der Waals surface area contributed by atoms with Gasteiger partial charge in [0.05, 0.1) is 12.7 Å². The van der Waals surface area contributed by atoms with Gasteiger partial charge in [0.25, 0.3) is 5.91 Å². The Balaban J connectivity index is 1.61. The van der Waals surface area contributed by atoms with Crippen molar-refractivity contribution < 1.29 is 9.53 Å². The van der Waals surface area contributed by atoms with Gasteiger partial charge in [-0.05, 0) is 12.1 Å². The van der Waals surface area contributed by atoms with Gasteiger partial charge in [-0.1, -0.05) is 6.07 Å². The Labute approximate surface area is 116 Å². The number of carbonyl (C=O) groups is 1. The highest BCUT2D eigenvalue weighted by Gasteiger charge is 2.28. The van der Waals surface area contributed by atoms with Crippen LogP contribution in [0.2, 0.25) is 0 Å². The first-order valence-corrected chi connectivity index (χ1v) is 6.46. The molecule has 0 radical (unpaired) electrons. The van der Waals surface area contributed by atoms with E-state index in [2.05, 4.69) is 15.0 Å². The third kappa shape index (κ3) is 2.74. The van der Waals surface area contributed by atoms with E-state index in [0.29, 0.717) is 24.7 Å². The molecule has 3 heterocycles. The Morgan fingerprint density at radius 1 is 1.25 bits per heavy atom. The van der Waals surface area contributed by atoms with Gasteiger partial charge in [-0.2, -0.15) is 0 Å². The van der Waals surface area contributed by atoms with Crippen molar-refractivity contribution >= 4 is 5.91 Å². The molecule has 6 heteroatoms. The molecule has 0 bridgehead atoms. The normalized spacial score (nSPS) is 18.0. The summed E-state index contributed by atoms with van der Waals surface area (Å²) in [5, 5.41) is 0. The fourth-order valence-electron chi connectivity index (χ4n) is 2.18. The van der Waals surface area contributed by atoms with Crippen LogP contribution >= 0.6 is 0 Å². The summed E-state index contributed by atoms with van der Waals surface area (Å²) in [6.45, 7) is 1.21. The predicted molar refractivity (Wildman–Crippen MR) is 71.2 cm³/mol. The van der Waals surface area contributed by atoms with Crippen molar-refractivity contribution in [3.8, 4) is 5.88 Å². The summed E-state index contributed by atoms with van der Waals surface area (Å²) >= 11 is 0. The van der Waals surface area contributed by atoms with Gasteiger partial charge in [0.15, 0.2) is 0 Å². The number of rotatable bonds is 3. The third-order valence-electron chi connectivity index (χ3n) is 3.14. The van der Waals surface area contributed by atoms with E-state index >= 15 is 0 Å². The molecular formula is C14H14N4O2. The van der Waals surface area contributed by atoms with Gasteiger partial charge in [0, 0.05) is 31.6 Å². The van der Waals surface area contributed by atoms with E-state index in [-0.39, 0.29) is 12.0 Å². The molecule has 0 saturated carbocycles.